The maximum Gasteiger partial charge on any atom is 0.0410 e. The Balaban J connectivity index is 1.76. The van der Waals surface area contributed by atoms with Crippen molar-refractivity contribution in [3.05, 3.63) is 63.9 Å². The van der Waals surface area contributed by atoms with Gasteiger partial charge in [-0.05, 0) is 51.5 Å². The minimum Gasteiger partial charge on any atom is -0.271 e. The van der Waals surface area contributed by atoms with Crippen LogP contribution in [-0.4, -0.2) is 11.0 Å². The summed E-state index contributed by atoms with van der Waals surface area (Å²) in [4.78, 5) is 4.20. The van der Waals surface area contributed by atoms with Crippen molar-refractivity contribution in [2.24, 2.45) is 5.84 Å². The van der Waals surface area contributed by atoms with Crippen molar-refractivity contribution in [1.82, 2.24) is 10.4 Å². The molecule has 1 aromatic carbocycles. The number of aromatic nitrogens is 1. The van der Waals surface area contributed by atoms with Crippen molar-refractivity contribution >= 4 is 15.9 Å². The number of hydrogen-bond acceptors (Lipinski definition) is 3. The molecule has 1 aliphatic rings. The highest BCUT2D eigenvalue weighted by Gasteiger charge is 2.32. The highest BCUT2D eigenvalue weighted by molar-refractivity contribution is 9.10. The van der Waals surface area contributed by atoms with E-state index in [-0.39, 0.29) is 6.04 Å². The second kappa shape index (κ2) is 5.41. The van der Waals surface area contributed by atoms with Gasteiger partial charge in [-0.2, -0.15) is 0 Å². The van der Waals surface area contributed by atoms with E-state index in [9.17, 15) is 0 Å². The van der Waals surface area contributed by atoms with E-state index in [1.54, 1.807) is 6.20 Å². The second-order valence-electron chi connectivity index (χ2n) is 5.00. The highest BCUT2D eigenvalue weighted by atomic mass is 79.9. The third-order valence-electron chi connectivity index (χ3n) is 3.81. The van der Waals surface area contributed by atoms with Crippen LogP contribution < -0.4 is 11.3 Å². The van der Waals surface area contributed by atoms with E-state index >= 15 is 0 Å². The smallest absolute Gasteiger partial charge is 0.0410 e. The number of benzene rings is 1. The monoisotopic (exact) mass is 317 g/mol. The van der Waals surface area contributed by atoms with Crippen molar-refractivity contribution < 1.29 is 0 Å². The third-order valence-corrected chi connectivity index (χ3v) is 4.24. The molecule has 3 nitrogen and oxygen atoms in total. The minimum atomic E-state index is 0.256. The van der Waals surface area contributed by atoms with Gasteiger partial charge < -0.3 is 0 Å². The van der Waals surface area contributed by atoms with Gasteiger partial charge in [-0.3, -0.25) is 16.3 Å². The fourth-order valence-corrected chi connectivity index (χ4v) is 3.21. The fourth-order valence-electron chi connectivity index (χ4n) is 2.80. The third kappa shape index (κ3) is 2.56. The van der Waals surface area contributed by atoms with Crippen LogP contribution in [-0.2, 0) is 12.8 Å². The van der Waals surface area contributed by atoms with Crippen LogP contribution >= 0.6 is 15.9 Å². The molecule has 1 heterocycles. The van der Waals surface area contributed by atoms with E-state index in [4.69, 9.17) is 5.84 Å². The van der Waals surface area contributed by atoms with Gasteiger partial charge in [0.15, 0.2) is 0 Å². The summed E-state index contributed by atoms with van der Waals surface area (Å²) in [6.07, 6.45) is 5.70. The molecular formula is C15H16BrN3. The Morgan fingerprint density at radius 1 is 1.37 bits per heavy atom. The first-order chi connectivity index (χ1) is 9.28. The molecule has 0 fully saturated rings. The minimum absolute atomic E-state index is 0.256. The highest BCUT2D eigenvalue weighted by Crippen LogP contribution is 2.38. The second-order valence-corrected chi connectivity index (χ2v) is 5.91. The maximum absolute atomic E-state index is 5.74. The topological polar surface area (TPSA) is 50.9 Å². The summed E-state index contributed by atoms with van der Waals surface area (Å²) in [5.41, 5.74) is 7.03. The van der Waals surface area contributed by atoms with Gasteiger partial charge in [0.2, 0.25) is 0 Å². The molecule has 2 atom stereocenters. The number of fused-ring (bicyclic) bond motifs is 1. The Bertz CT molecular complexity index is 585. The predicted octanol–water partition coefficient (Wildman–Crippen LogP) is 2.56. The Morgan fingerprint density at radius 2 is 2.21 bits per heavy atom. The molecular weight excluding hydrogens is 302 g/mol. The Morgan fingerprint density at radius 3 is 2.95 bits per heavy atom. The molecule has 98 valence electrons. The first-order valence-corrected chi connectivity index (χ1v) is 7.20. The summed E-state index contributed by atoms with van der Waals surface area (Å²) in [5.74, 6) is 6.24. The van der Waals surface area contributed by atoms with Gasteiger partial charge in [0, 0.05) is 28.8 Å². The van der Waals surface area contributed by atoms with Crippen LogP contribution in [0.5, 0.6) is 0 Å². The van der Waals surface area contributed by atoms with Crippen LogP contribution in [0.4, 0.5) is 0 Å². The molecule has 0 amide bonds. The lowest BCUT2D eigenvalue weighted by Crippen LogP contribution is -2.45. The summed E-state index contributed by atoms with van der Waals surface area (Å²) < 4.78 is 1.01. The summed E-state index contributed by atoms with van der Waals surface area (Å²) in [6, 6.07) is 10.9. The summed E-state index contributed by atoms with van der Waals surface area (Å²) in [7, 11) is 0. The predicted molar refractivity (Wildman–Crippen MR) is 79.6 cm³/mol. The number of pyridine rings is 1. The first kappa shape index (κ1) is 12.8. The largest absolute Gasteiger partial charge is 0.271 e. The fraction of sp³-hybridized carbons (Fsp3) is 0.267. The lowest BCUT2D eigenvalue weighted by Gasteiger charge is -2.36. The van der Waals surface area contributed by atoms with E-state index in [0.29, 0.717) is 5.92 Å². The normalized spacial score (nSPS) is 18.5. The first-order valence-electron chi connectivity index (χ1n) is 6.41. The molecule has 0 saturated heterocycles. The number of hydrogen-bond donors (Lipinski definition) is 2. The van der Waals surface area contributed by atoms with E-state index in [1.807, 2.05) is 6.20 Å². The van der Waals surface area contributed by atoms with Gasteiger partial charge in [0.05, 0.1) is 0 Å². The van der Waals surface area contributed by atoms with Gasteiger partial charge in [0.25, 0.3) is 0 Å². The van der Waals surface area contributed by atoms with Gasteiger partial charge in [-0.15, -0.1) is 0 Å². The molecule has 0 spiro atoms. The SMILES string of the molecule is NNC(Cc1cncc(Br)c1)C1Cc2ccccc21. The lowest BCUT2D eigenvalue weighted by atomic mass is 9.72. The van der Waals surface area contributed by atoms with E-state index in [2.05, 4.69) is 56.7 Å². The van der Waals surface area contributed by atoms with E-state index < -0.39 is 0 Å². The van der Waals surface area contributed by atoms with Gasteiger partial charge >= 0.3 is 0 Å². The van der Waals surface area contributed by atoms with Gasteiger partial charge in [-0.25, -0.2) is 0 Å². The van der Waals surface area contributed by atoms with Crippen molar-refractivity contribution in [1.29, 1.82) is 0 Å². The van der Waals surface area contributed by atoms with Crippen LogP contribution in [0.15, 0.2) is 47.2 Å². The van der Waals surface area contributed by atoms with Crippen LogP contribution in [0.2, 0.25) is 0 Å². The van der Waals surface area contributed by atoms with Gasteiger partial charge in [-0.1, -0.05) is 24.3 Å². The molecule has 3 rings (SSSR count). The van der Waals surface area contributed by atoms with Crippen molar-refractivity contribution in [3.63, 3.8) is 0 Å². The van der Waals surface area contributed by atoms with Crippen LogP contribution in [0.1, 0.15) is 22.6 Å². The molecule has 4 heteroatoms. The quantitative estimate of drug-likeness (QED) is 0.673. The van der Waals surface area contributed by atoms with Gasteiger partial charge in [0.1, 0.15) is 0 Å². The molecule has 0 aliphatic heterocycles. The average molecular weight is 318 g/mol. The summed E-state index contributed by atoms with van der Waals surface area (Å²) >= 11 is 3.45. The standard InChI is InChI=1S/C15H16BrN3/c16-12-5-10(8-18-9-12)6-15(19-17)14-7-11-3-1-2-4-13(11)14/h1-5,8-9,14-15,19H,6-7,17H2. The van der Waals surface area contributed by atoms with Crippen LogP contribution in [0.25, 0.3) is 0 Å². The zero-order chi connectivity index (χ0) is 13.2. The zero-order valence-corrected chi connectivity index (χ0v) is 12.1. The molecule has 1 aliphatic carbocycles. The number of nitrogens with two attached hydrogens (primary N) is 1. The molecule has 0 radical (unpaired) electrons. The summed E-state index contributed by atoms with van der Waals surface area (Å²) in [5, 5.41) is 0. The number of nitrogens with one attached hydrogen (secondary N) is 1. The van der Waals surface area contributed by atoms with Crippen molar-refractivity contribution in [3.8, 4) is 0 Å². The average Bonchev–Trinajstić information content (AvgIpc) is 2.39. The molecule has 2 unspecified atom stereocenters. The number of hydrazine groups is 1. The molecule has 0 saturated carbocycles. The summed E-state index contributed by atoms with van der Waals surface area (Å²) in [6.45, 7) is 0. The maximum atomic E-state index is 5.74. The lowest BCUT2D eigenvalue weighted by molar-refractivity contribution is 0.403. The zero-order valence-electron chi connectivity index (χ0n) is 10.5. The number of rotatable bonds is 4. The van der Waals surface area contributed by atoms with E-state index in [0.717, 1.165) is 17.3 Å². The van der Waals surface area contributed by atoms with Crippen molar-refractivity contribution in [2.45, 2.75) is 24.8 Å². The molecule has 3 N–H and O–H groups in total. The Hall–Kier alpha value is -1.23. The van der Waals surface area contributed by atoms with Crippen LogP contribution in [0, 0.1) is 0 Å². The van der Waals surface area contributed by atoms with Crippen molar-refractivity contribution in [2.75, 3.05) is 0 Å². The molecule has 19 heavy (non-hydrogen) atoms. The van der Waals surface area contributed by atoms with E-state index in [1.165, 1.54) is 16.7 Å². The number of halogens is 1. The Kier molecular flexibility index (Phi) is 3.64. The molecule has 2 aromatic rings. The molecule has 1 aromatic heterocycles. The van der Waals surface area contributed by atoms with Crippen LogP contribution in [0.3, 0.4) is 0 Å². The number of nitrogens with zero attached hydrogens (tertiary/aromatic N) is 1. The molecule has 0 bridgehead atoms. The Labute approximate surface area is 121 Å².